The highest BCUT2D eigenvalue weighted by molar-refractivity contribution is 5.81. The molecule has 104 valence electrons. The lowest BCUT2D eigenvalue weighted by atomic mass is 10.1. The lowest BCUT2D eigenvalue weighted by Gasteiger charge is -2.13. The van der Waals surface area contributed by atoms with Gasteiger partial charge in [0.25, 0.3) is 0 Å². The molecule has 0 bridgehead atoms. The zero-order valence-electron chi connectivity index (χ0n) is 11.1. The van der Waals surface area contributed by atoms with E-state index in [1.807, 2.05) is 36.4 Å². The standard InChI is InChI=1S/C16H18N2O2/c17-14(10-12-6-2-1-3-7-12)16(20)18-11-13-8-4-5-9-15(13)19/h1-9,14,19H,10-11,17H2,(H,18,20)/t14-/m0/s1. The molecule has 2 aromatic rings. The van der Waals surface area contributed by atoms with E-state index in [0.717, 1.165) is 5.56 Å². The Kier molecular flexibility index (Phi) is 4.74. The van der Waals surface area contributed by atoms with Crippen LogP contribution < -0.4 is 11.1 Å². The van der Waals surface area contributed by atoms with E-state index in [2.05, 4.69) is 5.32 Å². The van der Waals surface area contributed by atoms with E-state index < -0.39 is 6.04 Å². The van der Waals surface area contributed by atoms with Crippen molar-refractivity contribution in [3.05, 3.63) is 65.7 Å². The van der Waals surface area contributed by atoms with Gasteiger partial charge in [0.2, 0.25) is 5.91 Å². The molecule has 0 heterocycles. The molecule has 0 spiro atoms. The van der Waals surface area contributed by atoms with Crippen molar-refractivity contribution in [1.29, 1.82) is 0 Å². The van der Waals surface area contributed by atoms with Gasteiger partial charge in [-0.1, -0.05) is 48.5 Å². The Bertz CT molecular complexity index is 570. The summed E-state index contributed by atoms with van der Waals surface area (Å²) < 4.78 is 0. The van der Waals surface area contributed by atoms with Crippen LogP contribution in [0.15, 0.2) is 54.6 Å². The Morgan fingerprint density at radius 2 is 1.75 bits per heavy atom. The highest BCUT2D eigenvalue weighted by atomic mass is 16.3. The van der Waals surface area contributed by atoms with Gasteiger partial charge < -0.3 is 16.2 Å². The quantitative estimate of drug-likeness (QED) is 0.772. The van der Waals surface area contributed by atoms with Gasteiger partial charge in [-0.05, 0) is 18.1 Å². The largest absolute Gasteiger partial charge is 0.508 e. The van der Waals surface area contributed by atoms with Crippen LogP contribution in [0, 0.1) is 0 Å². The third kappa shape index (κ3) is 3.83. The number of hydrogen-bond donors (Lipinski definition) is 3. The lowest BCUT2D eigenvalue weighted by Crippen LogP contribution is -2.41. The van der Waals surface area contributed by atoms with Gasteiger partial charge in [0.1, 0.15) is 5.75 Å². The van der Waals surface area contributed by atoms with Crippen molar-refractivity contribution in [1.82, 2.24) is 5.32 Å². The number of hydrogen-bond acceptors (Lipinski definition) is 3. The van der Waals surface area contributed by atoms with Crippen LogP contribution in [0.5, 0.6) is 5.75 Å². The van der Waals surface area contributed by atoms with E-state index in [-0.39, 0.29) is 18.2 Å². The third-order valence-corrected chi connectivity index (χ3v) is 3.08. The highest BCUT2D eigenvalue weighted by Gasteiger charge is 2.14. The average Bonchev–Trinajstić information content (AvgIpc) is 2.47. The fraction of sp³-hybridized carbons (Fsp3) is 0.188. The maximum absolute atomic E-state index is 11.9. The van der Waals surface area contributed by atoms with E-state index in [1.54, 1.807) is 18.2 Å². The zero-order valence-corrected chi connectivity index (χ0v) is 11.1. The van der Waals surface area contributed by atoms with Gasteiger partial charge in [-0.15, -0.1) is 0 Å². The summed E-state index contributed by atoms with van der Waals surface area (Å²) in [7, 11) is 0. The average molecular weight is 270 g/mol. The Balaban J connectivity index is 1.87. The summed E-state index contributed by atoms with van der Waals surface area (Å²) in [5, 5.41) is 12.4. The molecule has 4 N–H and O–H groups in total. The second-order valence-electron chi connectivity index (χ2n) is 4.64. The van der Waals surface area contributed by atoms with Gasteiger partial charge in [-0.3, -0.25) is 4.79 Å². The topological polar surface area (TPSA) is 75.4 Å². The van der Waals surface area contributed by atoms with E-state index >= 15 is 0 Å². The van der Waals surface area contributed by atoms with Gasteiger partial charge in [-0.25, -0.2) is 0 Å². The number of carbonyl (C=O) groups excluding carboxylic acids is 1. The van der Waals surface area contributed by atoms with E-state index in [4.69, 9.17) is 5.73 Å². The number of nitrogens with two attached hydrogens (primary N) is 1. The summed E-state index contributed by atoms with van der Waals surface area (Å²) in [5.41, 5.74) is 7.58. The van der Waals surface area contributed by atoms with Gasteiger partial charge in [0.15, 0.2) is 0 Å². The van der Waals surface area contributed by atoms with Crippen molar-refractivity contribution in [2.24, 2.45) is 5.73 Å². The number of nitrogens with one attached hydrogen (secondary N) is 1. The summed E-state index contributed by atoms with van der Waals surface area (Å²) in [4.78, 5) is 11.9. The molecule has 1 amide bonds. The summed E-state index contributed by atoms with van der Waals surface area (Å²) in [6.07, 6.45) is 0.493. The first-order chi connectivity index (χ1) is 9.66. The van der Waals surface area contributed by atoms with Crippen molar-refractivity contribution in [2.45, 2.75) is 19.0 Å². The van der Waals surface area contributed by atoms with Crippen LogP contribution in [0.3, 0.4) is 0 Å². The first-order valence-electron chi connectivity index (χ1n) is 6.51. The molecule has 20 heavy (non-hydrogen) atoms. The maximum atomic E-state index is 11.9. The molecule has 2 rings (SSSR count). The summed E-state index contributed by atoms with van der Waals surface area (Å²) in [6.45, 7) is 0.272. The number of phenols is 1. The smallest absolute Gasteiger partial charge is 0.237 e. The molecular formula is C16H18N2O2. The molecule has 4 nitrogen and oxygen atoms in total. The van der Waals surface area contributed by atoms with Crippen LogP contribution in [0.1, 0.15) is 11.1 Å². The molecule has 4 heteroatoms. The molecule has 0 aliphatic rings. The molecule has 0 aliphatic heterocycles. The Labute approximate surface area is 118 Å². The van der Waals surface area contributed by atoms with Crippen LogP contribution in [0.4, 0.5) is 0 Å². The molecule has 2 aromatic carbocycles. The Hall–Kier alpha value is -2.33. The van der Waals surface area contributed by atoms with Gasteiger partial charge >= 0.3 is 0 Å². The van der Waals surface area contributed by atoms with Gasteiger partial charge in [0.05, 0.1) is 6.04 Å². The first kappa shape index (κ1) is 14.1. The summed E-state index contributed by atoms with van der Waals surface area (Å²) in [6, 6.07) is 15.9. The predicted octanol–water partition coefficient (Wildman–Crippen LogP) is 1.58. The number of para-hydroxylation sites is 1. The second kappa shape index (κ2) is 6.73. The Morgan fingerprint density at radius 3 is 2.45 bits per heavy atom. The van der Waals surface area contributed by atoms with Crippen LogP contribution in [0.2, 0.25) is 0 Å². The van der Waals surface area contributed by atoms with Crippen LogP contribution in [-0.4, -0.2) is 17.1 Å². The first-order valence-corrected chi connectivity index (χ1v) is 6.51. The molecule has 0 saturated carbocycles. The second-order valence-corrected chi connectivity index (χ2v) is 4.64. The fourth-order valence-electron chi connectivity index (χ4n) is 1.93. The predicted molar refractivity (Wildman–Crippen MR) is 78.1 cm³/mol. The summed E-state index contributed by atoms with van der Waals surface area (Å²) >= 11 is 0. The van der Waals surface area contributed by atoms with Crippen LogP contribution in [0.25, 0.3) is 0 Å². The monoisotopic (exact) mass is 270 g/mol. The highest BCUT2D eigenvalue weighted by Crippen LogP contribution is 2.14. The molecule has 0 fully saturated rings. The van der Waals surface area contributed by atoms with Gasteiger partial charge in [-0.2, -0.15) is 0 Å². The maximum Gasteiger partial charge on any atom is 0.237 e. The van der Waals surface area contributed by atoms with Crippen molar-refractivity contribution in [3.63, 3.8) is 0 Å². The molecule has 0 aliphatic carbocycles. The molecule has 0 saturated heterocycles. The minimum Gasteiger partial charge on any atom is -0.508 e. The lowest BCUT2D eigenvalue weighted by molar-refractivity contribution is -0.122. The molecule has 1 atom stereocenters. The van der Waals surface area contributed by atoms with E-state index in [9.17, 15) is 9.90 Å². The number of aromatic hydroxyl groups is 1. The van der Waals surface area contributed by atoms with E-state index in [0.29, 0.717) is 12.0 Å². The van der Waals surface area contributed by atoms with Crippen molar-refractivity contribution >= 4 is 5.91 Å². The van der Waals surface area contributed by atoms with Crippen molar-refractivity contribution in [2.75, 3.05) is 0 Å². The Morgan fingerprint density at radius 1 is 1.10 bits per heavy atom. The molecule has 0 aromatic heterocycles. The minimum absolute atomic E-state index is 0.171. The van der Waals surface area contributed by atoms with Crippen LogP contribution in [-0.2, 0) is 17.8 Å². The number of phenolic OH excluding ortho intramolecular Hbond substituents is 1. The zero-order chi connectivity index (χ0) is 14.4. The van der Waals surface area contributed by atoms with Crippen LogP contribution >= 0.6 is 0 Å². The van der Waals surface area contributed by atoms with Crippen molar-refractivity contribution < 1.29 is 9.90 Å². The summed E-state index contributed by atoms with van der Waals surface area (Å²) in [5.74, 6) is -0.0541. The number of benzene rings is 2. The molecule has 0 unspecified atom stereocenters. The number of amides is 1. The number of rotatable bonds is 5. The van der Waals surface area contributed by atoms with E-state index in [1.165, 1.54) is 0 Å². The molecule has 0 radical (unpaired) electrons. The normalized spacial score (nSPS) is 11.8. The third-order valence-electron chi connectivity index (χ3n) is 3.08. The van der Waals surface area contributed by atoms with Gasteiger partial charge in [0, 0.05) is 12.1 Å². The van der Waals surface area contributed by atoms with Crippen molar-refractivity contribution in [3.8, 4) is 5.75 Å². The SMILES string of the molecule is N[C@@H](Cc1ccccc1)C(=O)NCc1ccccc1O. The fourth-order valence-corrected chi connectivity index (χ4v) is 1.93. The number of carbonyl (C=O) groups is 1. The molecular weight excluding hydrogens is 252 g/mol. The minimum atomic E-state index is -0.594.